The molecule has 1 atom stereocenters. The molecule has 5 rings (SSSR count). The predicted molar refractivity (Wildman–Crippen MR) is 118 cm³/mol. The van der Waals surface area contributed by atoms with Crippen molar-refractivity contribution >= 4 is 23.0 Å². The molecule has 3 aromatic rings. The van der Waals surface area contributed by atoms with Gasteiger partial charge < -0.3 is 10.3 Å². The summed E-state index contributed by atoms with van der Waals surface area (Å²) in [6.07, 6.45) is 2.90. The number of aryl methyl sites for hydroxylation is 1. The van der Waals surface area contributed by atoms with Crippen molar-refractivity contribution in [2.75, 3.05) is 0 Å². The van der Waals surface area contributed by atoms with Gasteiger partial charge in [0, 0.05) is 41.0 Å². The molecule has 0 spiro atoms. The van der Waals surface area contributed by atoms with Gasteiger partial charge in [-0.3, -0.25) is 9.59 Å². The van der Waals surface area contributed by atoms with Crippen LogP contribution in [0.5, 0.6) is 0 Å². The maximum atomic E-state index is 13.7. The molecule has 0 radical (unpaired) electrons. The number of halogens is 3. The summed E-state index contributed by atoms with van der Waals surface area (Å²) in [4.78, 5) is 28.9. The van der Waals surface area contributed by atoms with Gasteiger partial charge >= 0.3 is 0 Å². The Morgan fingerprint density at radius 2 is 2.06 bits per heavy atom. The number of carbonyl (C=O) groups is 1. The monoisotopic (exact) mass is 460 g/mol. The summed E-state index contributed by atoms with van der Waals surface area (Å²) < 4.78 is 28.7. The van der Waals surface area contributed by atoms with Crippen LogP contribution in [0.15, 0.2) is 29.2 Å². The number of benzene rings is 1. The van der Waals surface area contributed by atoms with Crippen molar-refractivity contribution in [2.24, 2.45) is 5.92 Å². The quantitative estimate of drug-likeness (QED) is 0.579. The molecule has 0 unspecified atom stereocenters. The van der Waals surface area contributed by atoms with E-state index in [4.69, 9.17) is 11.6 Å². The van der Waals surface area contributed by atoms with E-state index in [-0.39, 0.29) is 17.3 Å². The highest BCUT2D eigenvalue weighted by atomic mass is 35.5. The van der Waals surface area contributed by atoms with Crippen LogP contribution in [0.4, 0.5) is 8.78 Å². The van der Waals surface area contributed by atoms with Gasteiger partial charge in [0.2, 0.25) is 5.92 Å². The molecule has 0 bridgehead atoms. The van der Waals surface area contributed by atoms with E-state index >= 15 is 0 Å². The fourth-order valence-electron chi connectivity index (χ4n) is 4.42. The van der Waals surface area contributed by atoms with Crippen molar-refractivity contribution in [1.29, 1.82) is 0 Å². The van der Waals surface area contributed by atoms with Gasteiger partial charge in [0.15, 0.2) is 5.69 Å². The zero-order valence-electron chi connectivity index (χ0n) is 17.7. The molecular formula is C23H23ClF2N4O2. The number of alkyl halides is 2. The van der Waals surface area contributed by atoms with Crippen LogP contribution in [-0.2, 0) is 0 Å². The van der Waals surface area contributed by atoms with E-state index in [1.807, 2.05) is 26.0 Å². The summed E-state index contributed by atoms with van der Waals surface area (Å²) in [6.45, 7) is 3.80. The third-order valence-corrected chi connectivity index (χ3v) is 6.95. The fourth-order valence-corrected chi connectivity index (χ4v) is 4.60. The number of H-pyrrole nitrogens is 1. The van der Waals surface area contributed by atoms with Gasteiger partial charge in [-0.05, 0) is 44.2 Å². The summed E-state index contributed by atoms with van der Waals surface area (Å²) in [6, 6.07) is 5.35. The first-order chi connectivity index (χ1) is 15.1. The van der Waals surface area contributed by atoms with E-state index in [2.05, 4.69) is 15.4 Å². The lowest BCUT2D eigenvalue weighted by molar-refractivity contribution is -0.0865. The summed E-state index contributed by atoms with van der Waals surface area (Å²) >= 11 is 6.23. The molecule has 32 heavy (non-hydrogen) atoms. The Morgan fingerprint density at radius 3 is 2.69 bits per heavy atom. The van der Waals surface area contributed by atoms with Crippen molar-refractivity contribution in [2.45, 2.75) is 57.4 Å². The first-order valence-corrected chi connectivity index (χ1v) is 11.1. The Hall–Kier alpha value is -2.74. The molecule has 1 amide bonds. The van der Waals surface area contributed by atoms with Crippen molar-refractivity contribution < 1.29 is 13.6 Å². The van der Waals surface area contributed by atoms with Crippen LogP contribution in [-0.4, -0.2) is 32.5 Å². The Morgan fingerprint density at radius 1 is 1.34 bits per heavy atom. The number of nitrogens with one attached hydrogen (secondary N) is 2. The third kappa shape index (κ3) is 3.70. The van der Waals surface area contributed by atoms with Gasteiger partial charge in [-0.2, -0.15) is 5.10 Å². The highest BCUT2D eigenvalue weighted by Crippen LogP contribution is 2.50. The first kappa shape index (κ1) is 21.1. The van der Waals surface area contributed by atoms with Gasteiger partial charge in [-0.15, -0.1) is 0 Å². The van der Waals surface area contributed by atoms with Crippen molar-refractivity contribution in [1.82, 2.24) is 19.9 Å². The standard InChI is InChI=1S/C23H23ClF2N4O2/c1-11-3-4-14(7-16(11)24)17-10-30-20(22(32)28-17)18(15-8-23(25,26)9-15)19(29-30)21(31)27-12(2)13-5-6-13/h3-4,7,10,12-13,15H,5-6,8-9H2,1-2H3,(H,27,31)(H,28,32)/t12-/m0/s1. The minimum absolute atomic E-state index is 0.0356. The lowest BCUT2D eigenvalue weighted by atomic mass is 9.76. The van der Waals surface area contributed by atoms with Gasteiger partial charge in [0.1, 0.15) is 5.52 Å². The number of aromatic nitrogens is 3. The van der Waals surface area contributed by atoms with E-state index in [1.165, 1.54) is 4.52 Å². The van der Waals surface area contributed by atoms with E-state index in [1.54, 1.807) is 12.3 Å². The van der Waals surface area contributed by atoms with Crippen LogP contribution in [0, 0.1) is 12.8 Å². The van der Waals surface area contributed by atoms with Crippen LogP contribution in [0.2, 0.25) is 5.02 Å². The smallest absolute Gasteiger partial charge is 0.274 e. The van der Waals surface area contributed by atoms with Crippen molar-refractivity contribution in [3.63, 3.8) is 0 Å². The molecule has 2 heterocycles. The van der Waals surface area contributed by atoms with Gasteiger partial charge in [-0.1, -0.05) is 23.7 Å². The Labute approximate surface area is 188 Å². The maximum Gasteiger partial charge on any atom is 0.274 e. The second kappa shape index (κ2) is 7.40. The zero-order chi connectivity index (χ0) is 22.8. The Balaban J connectivity index is 1.61. The molecule has 0 aliphatic heterocycles. The number of hydrogen-bond acceptors (Lipinski definition) is 3. The summed E-state index contributed by atoms with van der Waals surface area (Å²) in [5.41, 5.74) is 2.04. The molecule has 9 heteroatoms. The van der Waals surface area contributed by atoms with Crippen LogP contribution in [0.25, 0.3) is 16.8 Å². The topological polar surface area (TPSA) is 79.3 Å². The highest BCUT2D eigenvalue weighted by molar-refractivity contribution is 6.31. The average molecular weight is 461 g/mol. The molecule has 0 saturated heterocycles. The Bertz CT molecular complexity index is 1290. The summed E-state index contributed by atoms with van der Waals surface area (Å²) in [7, 11) is 0. The van der Waals surface area contributed by atoms with Gasteiger partial charge in [-0.25, -0.2) is 13.3 Å². The lowest BCUT2D eigenvalue weighted by Crippen LogP contribution is -2.37. The minimum atomic E-state index is -2.79. The SMILES string of the molecule is Cc1ccc(-c2cn3nc(C(=O)N[C@@H](C)C4CC4)c(C4CC(F)(F)C4)c3c(=O)[nH]2)cc1Cl. The van der Waals surface area contributed by atoms with Crippen LogP contribution in [0.3, 0.4) is 0 Å². The largest absolute Gasteiger partial charge is 0.348 e. The molecule has 2 saturated carbocycles. The molecule has 2 fully saturated rings. The molecular weight excluding hydrogens is 438 g/mol. The molecule has 2 aliphatic carbocycles. The fraction of sp³-hybridized carbons (Fsp3) is 0.435. The van der Waals surface area contributed by atoms with E-state index < -0.39 is 36.1 Å². The number of hydrogen-bond donors (Lipinski definition) is 2. The lowest BCUT2D eigenvalue weighted by Gasteiger charge is -2.34. The van der Waals surface area contributed by atoms with Crippen LogP contribution >= 0.6 is 11.6 Å². The van der Waals surface area contributed by atoms with Crippen molar-refractivity contribution in [3.8, 4) is 11.3 Å². The van der Waals surface area contributed by atoms with Gasteiger partial charge in [0.05, 0.1) is 11.9 Å². The van der Waals surface area contributed by atoms with Gasteiger partial charge in [0.25, 0.3) is 11.5 Å². The molecule has 2 aliphatic rings. The molecule has 6 nitrogen and oxygen atoms in total. The first-order valence-electron chi connectivity index (χ1n) is 10.7. The number of amides is 1. The molecule has 1 aromatic carbocycles. The predicted octanol–water partition coefficient (Wildman–Crippen LogP) is 4.69. The molecule has 2 N–H and O–H groups in total. The number of carbonyl (C=O) groups excluding carboxylic acids is 1. The second-order valence-electron chi connectivity index (χ2n) is 9.08. The third-order valence-electron chi connectivity index (χ3n) is 6.55. The number of fused-ring (bicyclic) bond motifs is 1. The number of aromatic amines is 1. The summed E-state index contributed by atoms with van der Waals surface area (Å²) in [5.74, 6) is -3.40. The number of nitrogens with zero attached hydrogens (tertiary/aromatic N) is 2. The second-order valence-corrected chi connectivity index (χ2v) is 9.48. The van der Waals surface area contributed by atoms with E-state index in [0.717, 1.165) is 18.4 Å². The Kier molecular flexibility index (Phi) is 4.89. The zero-order valence-corrected chi connectivity index (χ0v) is 18.5. The maximum absolute atomic E-state index is 13.7. The molecule has 2 aromatic heterocycles. The normalized spacial score (nSPS) is 19.0. The minimum Gasteiger partial charge on any atom is -0.348 e. The number of rotatable bonds is 5. The van der Waals surface area contributed by atoms with E-state index in [9.17, 15) is 18.4 Å². The van der Waals surface area contributed by atoms with Crippen LogP contribution < -0.4 is 10.9 Å². The highest BCUT2D eigenvalue weighted by Gasteiger charge is 2.48. The van der Waals surface area contributed by atoms with Crippen LogP contribution in [0.1, 0.15) is 60.1 Å². The summed E-state index contributed by atoms with van der Waals surface area (Å²) in [5, 5.41) is 7.87. The average Bonchev–Trinajstić information content (AvgIpc) is 3.48. The van der Waals surface area contributed by atoms with Crippen molar-refractivity contribution in [3.05, 3.63) is 56.6 Å². The molecule has 168 valence electrons. The van der Waals surface area contributed by atoms with E-state index in [0.29, 0.717) is 27.8 Å².